The second-order valence-electron chi connectivity index (χ2n) is 5.51. The number of aryl methyl sites for hydroxylation is 1. The predicted octanol–water partition coefficient (Wildman–Crippen LogP) is 3.57. The zero-order valence-electron chi connectivity index (χ0n) is 13.4. The van der Waals surface area contributed by atoms with E-state index in [0.29, 0.717) is 33.6 Å². The molecule has 0 saturated heterocycles. The Bertz CT molecular complexity index is 1100. The first-order valence-electron chi connectivity index (χ1n) is 7.71. The summed E-state index contributed by atoms with van der Waals surface area (Å²) in [4.78, 5) is 19.3. The van der Waals surface area contributed by atoms with Crippen molar-refractivity contribution >= 4 is 22.7 Å². The Morgan fingerprint density at radius 3 is 2.76 bits per heavy atom. The van der Waals surface area contributed by atoms with Crippen LogP contribution in [0.3, 0.4) is 0 Å². The molecule has 0 unspecified atom stereocenters. The first-order chi connectivity index (χ1) is 12.2. The summed E-state index contributed by atoms with van der Waals surface area (Å²) in [7, 11) is 0. The molecular weight excluding hydrogens is 336 g/mol. The number of aromatic nitrogens is 4. The highest BCUT2D eigenvalue weighted by molar-refractivity contribution is 7.98. The maximum absolute atomic E-state index is 12.1. The minimum Gasteiger partial charge on any atom is -0.411 e. The molecule has 0 spiro atoms. The van der Waals surface area contributed by atoms with Crippen molar-refractivity contribution in [3.8, 4) is 11.5 Å². The second kappa shape index (κ2) is 6.52. The van der Waals surface area contributed by atoms with E-state index >= 15 is 0 Å². The molecule has 2 heterocycles. The van der Waals surface area contributed by atoms with E-state index < -0.39 is 0 Å². The van der Waals surface area contributed by atoms with Gasteiger partial charge in [-0.1, -0.05) is 42.1 Å². The Kier molecular flexibility index (Phi) is 4.07. The van der Waals surface area contributed by atoms with Gasteiger partial charge in [0.1, 0.15) is 5.82 Å². The maximum atomic E-state index is 12.1. The molecule has 0 bridgehead atoms. The number of H-pyrrole nitrogens is 1. The number of nitrogens with one attached hydrogen (secondary N) is 1. The Morgan fingerprint density at radius 1 is 1.08 bits per heavy atom. The predicted molar refractivity (Wildman–Crippen MR) is 96.4 cm³/mol. The topological polar surface area (TPSA) is 84.7 Å². The van der Waals surface area contributed by atoms with Crippen molar-refractivity contribution in [2.24, 2.45) is 0 Å². The van der Waals surface area contributed by atoms with Crippen molar-refractivity contribution in [1.29, 1.82) is 0 Å². The van der Waals surface area contributed by atoms with Crippen molar-refractivity contribution in [3.63, 3.8) is 0 Å². The largest absolute Gasteiger partial charge is 0.411 e. The molecule has 124 valence electrons. The molecule has 6 nitrogen and oxygen atoms in total. The Morgan fingerprint density at radius 2 is 1.88 bits per heavy atom. The average Bonchev–Trinajstić information content (AvgIpc) is 3.09. The van der Waals surface area contributed by atoms with E-state index in [0.717, 1.165) is 11.1 Å². The van der Waals surface area contributed by atoms with Gasteiger partial charge in [0.2, 0.25) is 5.89 Å². The summed E-state index contributed by atoms with van der Waals surface area (Å²) in [6.45, 7) is 2.00. The first kappa shape index (κ1) is 15.6. The molecule has 0 amide bonds. The first-order valence-corrected chi connectivity index (χ1v) is 8.69. The summed E-state index contributed by atoms with van der Waals surface area (Å²) in [6.07, 6.45) is 0. The van der Waals surface area contributed by atoms with Gasteiger partial charge < -0.3 is 9.40 Å². The monoisotopic (exact) mass is 350 g/mol. The normalized spacial score (nSPS) is 11.1. The lowest BCUT2D eigenvalue weighted by atomic mass is 10.1. The fourth-order valence-electron chi connectivity index (χ4n) is 2.52. The summed E-state index contributed by atoms with van der Waals surface area (Å²) in [5.41, 5.74) is 2.52. The van der Waals surface area contributed by atoms with E-state index in [1.165, 1.54) is 11.8 Å². The molecule has 2 aromatic heterocycles. The molecule has 1 N–H and O–H groups in total. The molecule has 4 aromatic rings. The third kappa shape index (κ3) is 3.18. The van der Waals surface area contributed by atoms with Crippen molar-refractivity contribution in [1.82, 2.24) is 20.2 Å². The summed E-state index contributed by atoms with van der Waals surface area (Å²) < 4.78 is 5.71. The van der Waals surface area contributed by atoms with Crippen LogP contribution in [0, 0.1) is 6.92 Å². The number of hydrogen-bond donors (Lipinski definition) is 1. The minimum atomic E-state index is -0.146. The van der Waals surface area contributed by atoms with Gasteiger partial charge in [0.25, 0.3) is 10.8 Å². The van der Waals surface area contributed by atoms with Crippen LogP contribution in [0.1, 0.15) is 11.4 Å². The summed E-state index contributed by atoms with van der Waals surface area (Å²) in [5.74, 6) is 1.50. The number of rotatable bonds is 4. The lowest BCUT2D eigenvalue weighted by Gasteiger charge is -2.01. The highest BCUT2D eigenvalue weighted by Crippen LogP contribution is 2.26. The molecule has 25 heavy (non-hydrogen) atoms. The van der Waals surface area contributed by atoms with Crippen LogP contribution in [-0.4, -0.2) is 20.2 Å². The average molecular weight is 350 g/mol. The number of benzene rings is 2. The van der Waals surface area contributed by atoms with Gasteiger partial charge in [0.15, 0.2) is 0 Å². The van der Waals surface area contributed by atoms with Gasteiger partial charge in [-0.2, -0.15) is 0 Å². The van der Waals surface area contributed by atoms with Crippen LogP contribution in [-0.2, 0) is 5.75 Å². The van der Waals surface area contributed by atoms with Crippen molar-refractivity contribution < 1.29 is 4.42 Å². The number of para-hydroxylation sites is 1. The highest BCUT2D eigenvalue weighted by atomic mass is 32.2. The van der Waals surface area contributed by atoms with E-state index in [1.54, 1.807) is 6.07 Å². The third-order valence-corrected chi connectivity index (χ3v) is 4.61. The number of fused-ring (bicyclic) bond motifs is 1. The Hall–Kier alpha value is -2.93. The van der Waals surface area contributed by atoms with Crippen LogP contribution in [0.5, 0.6) is 0 Å². The molecule has 2 aromatic carbocycles. The fraction of sp³-hybridized carbons (Fsp3) is 0.111. The molecule has 0 aliphatic rings. The zero-order valence-corrected chi connectivity index (χ0v) is 14.2. The van der Waals surface area contributed by atoms with Gasteiger partial charge in [-0.25, -0.2) is 4.98 Å². The number of hydrogen-bond acceptors (Lipinski definition) is 6. The van der Waals surface area contributed by atoms with Gasteiger partial charge in [0.05, 0.1) is 16.7 Å². The van der Waals surface area contributed by atoms with E-state index in [-0.39, 0.29) is 5.56 Å². The smallest absolute Gasteiger partial charge is 0.277 e. The van der Waals surface area contributed by atoms with E-state index in [9.17, 15) is 4.79 Å². The van der Waals surface area contributed by atoms with Crippen molar-refractivity contribution in [2.75, 3.05) is 0 Å². The lowest BCUT2D eigenvalue weighted by Crippen LogP contribution is -2.11. The molecule has 0 aliphatic carbocycles. The standard InChI is InChI=1S/C18H14N4O2S/c1-11-6-2-3-7-12(11)17-21-22-18(24-17)25-10-15-19-14-9-5-4-8-13(14)16(23)20-15/h2-9H,10H2,1H3,(H,19,20,23). The minimum absolute atomic E-state index is 0.146. The molecule has 0 saturated carbocycles. The lowest BCUT2D eigenvalue weighted by molar-refractivity contribution is 0.465. The van der Waals surface area contributed by atoms with Gasteiger partial charge in [-0.3, -0.25) is 4.79 Å². The van der Waals surface area contributed by atoms with Crippen molar-refractivity contribution in [2.45, 2.75) is 17.9 Å². The molecule has 4 rings (SSSR count). The number of thioether (sulfide) groups is 1. The molecule has 0 radical (unpaired) electrons. The SMILES string of the molecule is Cc1ccccc1-c1nnc(SCc2nc3ccccc3c(=O)[nH]2)o1. The second-order valence-corrected chi connectivity index (χ2v) is 6.43. The number of nitrogens with zero attached hydrogens (tertiary/aromatic N) is 3. The van der Waals surface area contributed by atoms with Crippen molar-refractivity contribution in [3.05, 3.63) is 70.3 Å². The Balaban J connectivity index is 1.55. The molecule has 0 atom stereocenters. The summed E-state index contributed by atoms with van der Waals surface area (Å²) in [6, 6.07) is 15.1. The van der Waals surface area contributed by atoms with E-state index in [1.807, 2.05) is 49.4 Å². The van der Waals surface area contributed by atoms with Gasteiger partial charge in [-0.05, 0) is 30.7 Å². The molecule has 0 fully saturated rings. The van der Waals surface area contributed by atoms with Crippen LogP contribution in [0.2, 0.25) is 0 Å². The quantitative estimate of drug-likeness (QED) is 0.566. The maximum Gasteiger partial charge on any atom is 0.277 e. The van der Waals surface area contributed by atoms with Crippen LogP contribution in [0.4, 0.5) is 0 Å². The molecule has 0 aliphatic heterocycles. The highest BCUT2D eigenvalue weighted by Gasteiger charge is 2.12. The molecular formula is C18H14N4O2S. The fourth-order valence-corrected chi connectivity index (χ4v) is 3.16. The summed E-state index contributed by atoms with van der Waals surface area (Å²) >= 11 is 1.34. The van der Waals surface area contributed by atoms with Crippen LogP contribution >= 0.6 is 11.8 Å². The molecule has 7 heteroatoms. The van der Waals surface area contributed by atoms with E-state index in [2.05, 4.69) is 20.2 Å². The van der Waals surface area contributed by atoms with Gasteiger partial charge in [0, 0.05) is 5.56 Å². The zero-order chi connectivity index (χ0) is 17.2. The Labute approximate surface area is 147 Å². The number of aromatic amines is 1. The van der Waals surface area contributed by atoms with Gasteiger partial charge >= 0.3 is 0 Å². The van der Waals surface area contributed by atoms with Crippen LogP contribution < -0.4 is 5.56 Å². The van der Waals surface area contributed by atoms with Crippen LogP contribution in [0.25, 0.3) is 22.4 Å². The third-order valence-electron chi connectivity index (χ3n) is 3.78. The van der Waals surface area contributed by atoms with E-state index in [4.69, 9.17) is 4.42 Å². The van der Waals surface area contributed by atoms with Gasteiger partial charge in [-0.15, -0.1) is 10.2 Å². The van der Waals surface area contributed by atoms with Crippen LogP contribution in [0.15, 0.2) is 63.0 Å². The summed E-state index contributed by atoms with van der Waals surface area (Å²) in [5, 5.41) is 9.18.